The second kappa shape index (κ2) is 8.33. The number of halogens is 4. The van der Waals surface area contributed by atoms with Crippen LogP contribution in [0.15, 0.2) is 58.4 Å². The number of hydrogen-bond donors (Lipinski definition) is 2. The van der Waals surface area contributed by atoms with Crippen molar-refractivity contribution in [3.8, 4) is 5.75 Å². The minimum atomic E-state index is -4.91. The van der Waals surface area contributed by atoms with Crippen LogP contribution in [0.5, 0.6) is 5.75 Å². The van der Waals surface area contributed by atoms with Crippen LogP contribution in [0.1, 0.15) is 5.56 Å². The number of azo groups is 1. The number of nitro groups is 1. The molecule has 2 rings (SSSR count). The zero-order chi connectivity index (χ0) is 21.8. The molecule has 0 saturated heterocycles. The fourth-order valence-electron chi connectivity index (χ4n) is 2.03. The van der Waals surface area contributed by atoms with Gasteiger partial charge in [0.2, 0.25) is 5.70 Å². The first-order valence-electron chi connectivity index (χ1n) is 7.37. The van der Waals surface area contributed by atoms with Gasteiger partial charge in [-0.15, -0.1) is 18.3 Å². The summed E-state index contributed by atoms with van der Waals surface area (Å²) in [6, 6.07) is 6.30. The van der Waals surface area contributed by atoms with Gasteiger partial charge in [0.05, 0.1) is 10.6 Å². The summed E-state index contributed by atoms with van der Waals surface area (Å²) in [6.45, 7) is 0. The van der Waals surface area contributed by atoms with E-state index in [1.807, 2.05) is 0 Å². The van der Waals surface area contributed by atoms with Gasteiger partial charge in [0.25, 0.3) is 5.69 Å². The number of carboxylic acid groups (broad SMARTS) is 1. The molecule has 13 heteroatoms. The van der Waals surface area contributed by atoms with Gasteiger partial charge in [-0.05, 0) is 30.3 Å². The highest BCUT2D eigenvalue weighted by Gasteiger charge is 2.31. The maximum absolute atomic E-state index is 14.0. The Bertz CT molecular complexity index is 1000. The van der Waals surface area contributed by atoms with Gasteiger partial charge in [0, 0.05) is 6.07 Å². The number of aliphatic hydroxyl groups excluding tert-OH is 1. The number of benzene rings is 2. The number of nitro benzene ring substituents is 1. The van der Waals surface area contributed by atoms with Crippen LogP contribution in [0.3, 0.4) is 0 Å². The first kappa shape index (κ1) is 21.3. The Hall–Kier alpha value is -4.03. The SMILES string of the molecule is O=C(O)C(N=Nc1ccc(OC(F)(F)F)cc1)=C(O)c1c(F)cccc1[N+](=O)[O-]. The molecule has 0 amide bonds. The van der Waals surface area contributed by atoms with Crippen LogP contribution in [-0.4, -0.2) is 27.5 Å². The second-order valence-corrected chi connectivity index (χ2v) is 5.14. The minimum absolute atomic E-state index is 0.144. The molecule has 0 aliphatic heterocycles. The summed E-state index contributed by atoms with van der Waals surface area (Å²) in [7, 11) is 0. The number of ether oxygens (including phenoxy) is 1. The van der Waals surface area contributed by atoms with Crippen molar-refractivity contribution >= 4 is 23.1 Å². The fraction of sp³-hybridized carbons (Fsp3) is 0.0625. The second-order valence-electron chi connectivity index (χ2n) is 5.14. The number of aliphatic hydroxyl groups is 1. The zero-order valence-electron chi connectivity index (χ0n) is 13.9. The van der Waals surface area contributed by atoms with Gasteiger partial charge in [-0.25, -0.2) is 9.18 Å². The van der Waals surface area contributed by atoms with Crippen molar-refractivity contribution in [2.75, 3.05) is 0 Å². The first-order chi connectivity index (χ1) is 13.5. The number of nitrogens with zero attached hydrogens (tertiary/aromatic N) is 3. The van der Waals surface area contributed by atoms with Gasteiger partial charge < -0.3 is 14.9 Å². The average Bonchev–Trinajstić information content (AvgIpc) is 2.61. The predicted octanol–water partition coefficient (Wildman–Crippen LogP) is 4.73. The third kappa shape index (κ3) is 5.47. The molecule has 152 valence electrons. The molecule has 0 spiro atoms. The highest BCUT2D eigenvalue weighted by Crippen LogP contribution is 2.30. The smallest absolute Gasteiger partial charge is 0.505 e. The van der Waals surface area contributed by atoms with Crippen LogP contribution < -0.4 is 4.74 Å². The van der Waals surface area contributed by atoms with Crippen molar-refractivity contribution in [3.63, 3.8) is 0 Å². The van der Waals surface area contributed by atoms with E-state index in [4.69, 9.17) is 5.11 Å². The van der Waals surface area contributed by atoms with Gasteiger partial charge in [0.15, 0.2) is 5.76 Å². The van der Waals surface area contributed by atoms with E-state index in [-0.39, 0.29) is 5.69 Å². The van der Waals surface area contributed by atoms with Crippen LogP contribution in [-0.2, 0) is 4.79 Å². The minimum Gasteiger partial charge on any atom is -0.505 e. The molecule has 0 saturated carbocycles. The van der Waals surface area contributed by atoms with E-state index < -0.39 is 51.5 Å². The van der Waals surface area contributed by atoms with Crippen molar-refractivity contribution in [2.45, 2.75) is 6.36 Å². The Morgan fingerprint density at radius 1 is 1.10 bits per heavy atom. The number of carboxylic acids is 1. The molecule has 0 aliphatic carbocycles. The molecule has 0 fully saturated rings. The van der Waals surface area contributed by atoms with Crippen molar-refractivity contribution in [1.82, 2.24) is 0 Å². The summed E-state index contributed by atoms with van der Waals surface area (Å²) in [4.78, 5) is 21.3. The quantitative estimate of drug-likeness (QED) is 0.175. The van der Waals surface area contributed by atoms with Gasteiger partial charge in [0.1, 0.15) is 17.1 Å². The van der Waals surface area contributed by atoms with E-state index in [0.717, 1.165) is 42.5 Å². The Kier molecular flexibility index (Phi) is 6.11. The standard InChI is InChI=1S/C16H9F4N3O6/c17-10-2-1-3-11(23(27)28)12(10)14(24)13(15(25)26)22-21-8-4-6-9(7-5-8)29-16(18,19)20/h1-7,24H,(H,25,26). The third-order valence-corrected chi connectivity index (χ3v) is 3.19. The van der Waals surface area contributed by atoms with Gasteiger partial charge in [-0.2, -0.15) is 5.11 Å². The predicted molar refractivity (Wildman–Crippen MR) is 87.9 cm³/mol. The summed E-state index contributed by atoms with van der Waals surface area (Å²) < 4.78 is 53.9. The van der Waals surface area contributed by atoms with E-state index in [9.17, 15) is 37.6 Å². The molecule has 0 atom stereocenters. The summed E-state index contributed by atoms with van der Waals surface area (Å²) >= 11 is 0. The van der Waals surface area contributed by atoms with E-state index in [2.05, 4.69) is 15.0 Å². The highest BCUT2D eigenvalue weighted by atomic mass is 19.4. The molecular formula is C16H9F4N3O6. The van der Waals surface area contributed by atoms with Crippen LogP contribution in [0.2, 0.25) is 0 Å². The van der Waals surface area contributed by atoms with E-state index in [1.54, 1.807) is 0 Å². The lowest BCUT2D eigenvalue weighted by atomic mass is 10.1. The fourth-order valence-corrected chi connectivity index (χ4v) is 2.03. The van der Waals surface area contributed by atoms with Crippen LogP contribution >= 0.6 is 0 Å². The van der Waals surface area contributed by atoms with Crippen molar-refractivity contribution < 1.29 is 42.2 Å². The van der Waals surface area contributed by atoms with E-state index in [1.165, 1.54) is 0 Å². The highest BCUT2D eigenvalue weighted by molar-refractivity contribution is 5.95. The number of aliphatic carboxylic acids is 1. The molecule has 2 N–H and O–H groups in total. The van der Waals surface area contributed by atoms with Crippen LogP contribution in [0.25, 0.3) is 5.76 Å². The normalized spacial score (nSPS) is 12.6. The lowest BCUT2D eigenvalue weighted by Crippen LogP contribution is -2.16. The number of alkyl halides is 3. The molecule has 2 aromatic rings. The van der Waals surface area contributed by atoms with Crippen LogP contribution in [0.4, 0.5) is 28.9 Å². The molecule has 0 aliphatic rings. The van der Waals surface area contributed by atoms with Gasteiger partial charge in [-0.3, -0.25) is 10.1 Å². The van der Waals surface area contributed by atoms with Gasteiger partial charge in [-0.1, -0.05) is 6.07 Å². The first-order valence-corrected chi connectivity index (χ1v) is 7.37. The Morgan fingerprint density at radius 2 is 1.72 bits per heavy atom. The summed E-state index contributed by atoms with van der Waals surface area (Å²) in [5.74, 6) is -5.10. The average molecular weight is 415 g/mol. The summed E-state index contributed by atoms with van der Waals surface area (Å²) in [5, 5.41) is 36.9. The molecule has 0 aromatic heterocycles. The Balaban J connectivity index is 2.43. The molecule has 9 nitrogen and oxygen atoms in total. The lowest BCUT2D eigenvalue weighted by Gasteiger charge is -2.08. The maximum atomic E-state index is 14.0. The number of rotatable bonds is 6. The zero-order valence-corrected chi connectivity index (χ0v) is 13.9. The van der Waals surface area contributed by atoms with Gasteiger partial charge >= 0.3 is 12.3 Å². The number of hydrogen-bond acceptors (Lipinski definition) is 7. The molecule has 29 heavy (non-hydrogen) atoms. The molecule has 0 heterocycles. The summed E-state index contributed by atoms with van der Waals surface area (Å²) in [6.07, 6.45) is -4.91. The lowest BCUT2D eigenvalue weighted by molar-refractivity contribution is -0.385. The van der Waals surface area contributed by atoms with Crippen LogP contribution in [0, 0.1) is 15.9 Å². The van der Waals surface area contributed by atoms with Crippen molar-refractivity contribution in [2.24, 2.45) is 10.2 Å². The Morgan fingerprint density at radius 3 is 2.24 bits per heavy atom. The van der Waals surface area contributed by atoms with Crippen molar-refractivity contribution in [3.05, 3.63) is 69.7 Å². The van der Waals surface area contributed by atoms with Crippen molar-refractivity contribution in [1.29, 1.82) is 0 Å². The van der Waals surface area contributed by atoms with E-state index in [0.29, 0.717) is 0 Å². The molecular weight excluding hydrogens is 406 g/mol. The molecule has 0 bridgehead atoms. The number of carbonyl (C=O) groups is 1. The molecule has 0 unspecified atom stereocenters. The third-order valence-electron chi connectivity index (χ3n) is 3.19. The monoisotopic (exact) mass is 415 g/mol. The molecule has 0 radical (unpaired) electrons. The van der Waals surface area contributed by atoms with E-state index >= 15 is 0 Å². The summed E-state index contributed by atoms with van der Waals surface area (Å²) in [5.41, 5.74) is -3.30. The molecule has 2 aromatic carbocycles. The maximum Gasteiger partial charge on any atom is 0.573 e. The topological polar surface area (TPSA) is 135 Å². The Labute approximate surface area is 158 Å². The largest absolute Gasteiger partial charge is 0.573 e.